The summed E-state index contributed by atoms with van der Waals surface area (Å²) in [5, 5.41) is 1.27. The van der Waals surface area contributed by atoms with Gasteiger partial charge in [-0.1, -0.05) is 30.3 Å². The molecule has 0 aliphatic carbocycles. The van der Waals surface area contributed by atoms with E-state index in [-0.39, 0.29) is 24.0 Å². The van der Waals surface area contributed by atoms with Crippen LogP contribution in [-0.2, 0) is 0 Å². The van der Waals surface area contributed by atoms with Crippen LogP contribution in [0.2, 0.25) is 0 Å². The molecule has 0 unspecified atom stereocenters. The third-order valence-electron chi connectivity index (χ3n) is 3.05. The van der Waals surface area contributed by atoms with Gasteiger partial charge < -0.3 is 24.0 Å². The van der Waals surface area contributed by atoms with E-state index in [2.05, 4.69) is 72.2 Å². The summed E-state index contributed by atoms with van der Waals surface area (Å²) in [6.07, 6.45) is 0. The fourth-order valence-electron chi connectivity index (χ4n) is 2.23. The lowest BCUT2D eigenvalue weighted by Gasteiger charge is -2.03. The zero-order chi connectivity index (χ0) is 11.7. The summed E-state index contributed by atoms with van der Waals surface area (Å²) in [4.78, 5) is 0. The van der Waals surface area contributed by atoms with Crippen molar-refractivity contribution in [1.29, 1.82) is 0 Å². The Labute approximate surface area is 124 Å². The summed E-state index contributed by atoms with van der Waals surface area (Å²) in [6, 6.07) is 23.3. The largest absolute Gasteiger partial charge is 1.00 e. The SMILES string of the molecule is Cc1ccc2ccccc2[n+]1-c1ccccc1.[I-]. The van der Waals surface area contributed by atoms with Crippen LogP contribution in [0.25, 0.3) is 16.6 Å². The van der Waals surface area contributed by atoms with Crippen LogP contribution in [0.4, 0.5) is 0 Å². The summed E-state index contributed by atoms with van der Waals surface area (Å²) in [7, 11) is 0. The second kappa shape index (κ2) is 5.48. The average Bonchev–Trinajstić information content (AvgIpc) is 2.39. The van der Waals surface area contributed by atoms with Gasteiger partial charge in [0.1, 0.15) is 0 Å². The molecule has 0 fully saturated rings. The zero-order valence-corrected chi connectivity index (χ0v) is 12.3. The Bertz CT molecular complexity index is 662. The predicted octanol–water partition coefficient (Wildman–Crippen LogP) is 0.429. The highest BCUT2D eigenvalue weighted by Crippen LogP contribution is 2.13. The van der Waals surface area contributed by atoms with Crippen molar-refractivity contribution in [3.63, 3.8) is 0 Å². The van der Waals surface area contributed by atoms with Crippen LogP contribution < -0.4 is 28.5 Å². The molecule has 0 atom stereocenters. The van der Waals surface area contributed by atoms with E-state index in [0.717, 1.165) is 0 Å². The molecule has 0 aliphatic rings. The summed E-state index contributed by atoms with van der Waals surface area (Å²) in [6.45, 7) is 2.14. The van der Waals surface area contributed by atoms with Crippen molar-refractivity contribution < 1.29 is 28.5 Å². The maximum atomic E-state index is 2.29. The molecule has 3 rings (SSSR count). The number of halogens is 1. The van der Waals surface area contributed by atoms with Crippen molar-refractivity contribution in [3.8, 4) is 5.69 Å². The van der Waals surface area contributed by atoms with Gasteiger partial charge in [0.2, 0.25) is 11.2 Å². The van der Waals surface area contributed by atoms with Crippen molar-refractivity contribution in [3.05, 3.63) is 72.4 Å². The van der Waals surface area contributed by atoms with Crippen LogP contribution in [0.1, 0.15) is 5.69 Å². The van der Waals surface area contributed by atoms with Gasteiger partial charge in [0.05, 0.1) is 0 Å². The maximum Gasteiger partial charge on any atom is 0.218 e. The summed E-state index contributed by atoms with van der Waals surface area (Å²) in [5.41, 5.74) is 3.70. The van der Waals surface area contributed by atoms with E-state index in [1.807, 2.05) is 6.07 Å². The zero-order valence-electron chi connectivity index (χ0n) is 10.2. The lowest BCUT2D eigenvalue weighted by Crippen LogP contribution is -3.00. The number of hydrogen-bond acceptors (Lipinski definition) is 0. The number of fused-ring (bicyclic) bond motifs is 1. The highest BCUT2D eigenvalue weighted by Gasteiger charge is 2.14. The van der Waals surface area contributed by atoms with Gasteiger partial charge in [-0.05, 0) is 12.1 Å². The fraction of sp³-hybridized carbons (Fsp3) is 0.0625. The van der Waals surface area contributed by atoms with Gasteiger partial charge in [-0.3, -0.25) is 0 Å². The van der Waals surface area contributed by atoms with E-state index < -0.39 is 0 Å². The minimum atomic E-state index is 0. The Balaban J connectivity index is 0.00000120. The Kier molecular flexibility index (Phi) is 3.97. The van der Waals surface area contributed by atoms with Crippen molar-refractivity contribution in [2.75, 3.05) is 0 Å². The molecule has 0 radical (unpaired) electrons. The molecule has 90 valence electrons. The lowest BCUT2D eigenvalue weighted by molar-refractivity contribution is -0.574. The molecule has 1 nitrogen and oxygen atoms in total. The van der Waals surface area contributed by atoms with E-state index in [0.29, 0.717) is 0 Å². The molecule has 18 heavy (non-hydrogen) atoms. The van der Waals surface area contributed by atoms with Crippen LogP contribution in [0.3, 0.4) is 0 Å². The molecule has 0 amide bonds. The number of pyridine rings is 1. The van der Waals surface area contributed by atoms with Crippen molar-refractivity contribution in [2.45, 2.75) is 6.92 Å². The van der Waals surface area contributed by atoms with E-state index >= 15 is 0 Å². The Hall–Kier alpha value is -1.42. The topological polar surface area (TPSA) is 3.88 Å². The second-order valence-corrected chi connectivity index (χ2v) is 4.20. The Morgan fingerprint density at radius 1 is 0.722 bits per heavy atom. The van der Waals surface area contributed by atoms with Gasteiger partial charge in [0, 0.05) is 36.6 Å². The van der Waals surface area contributed by atoms with Crippen LogP contribution in [-0.4, -0.2) is 0 Å². The first-order valence-electron chi connectivity index (χ1n) is 5.82. The average molecular weight is 347 g/mol. The monoisotopic (exact) mass is 347 g/mol. The summed E-state index contributed by atoms with van der Waals surface area (Å²) >= 11 is 0. The van der Waals surface area contributed by atoms with E-state index in [4.69, 9.17) is 0 Å². The van der Waals surface area contributed by atoms with Crippen LogP contribution >= 0.6 is 0 Å². The summed E-state index contributed by atoms with van der Waals surface area (Å²) in [5.74, 6) is 0. The molecule has 2 heteroatoms. The van der Waals surface area contributed by atoms with Gasteiger partial charge in [-0.25, -0.2) is 0 Å². The first-order chi connectivity index (χ1) is 8.36. The van der Waals surface area contributed by atoms with Crippen LogP contribution in [0, 0.1) is 6.92 Å². The molecule has 0 spiro atoms. The number of para-hydroxylation sites is 2. The van der Waals surface area contributed by atoms with Gasteiger partial charge in [-0.2, -0.15) is 4.57 Å². The van der Waals surface area contributed by atoms with Crippen LogP contribution in [0.15, 0.2) is 66.7 Å². The van der Waals surface area contributed by atoms with Gasteiger partial charge in [0.25, 0.3) is 0 Å². The predicted molar refractivity (Wildman–Crippen MR) is 70.2 cm³/mol. The molecular weight excluding hydrogens is 333 g/mol. The third kappa shape index (κ3) is 2.25. The van der Waals surface area contributed by atoms with Gasteiger partial charge >= 0.3 is 0 Å². The first kappa shape index (κ1) is 13.0. The number of rotatable bonds is 1. The van der Waals surface area contributed by atoms with E-state index in [9.17, 15) is 0 Å². The lowest BCUT2D eigenvalue weighted by atomic mass is 10.1. The van der Waals surface area contributed by atoms with Crippen molar-refractivity contribution >= 4 is 10.9 Å². The quantitative estimate of drug-likeness (QED) is 0.444. The van der Waals surface area contributed by atoms with Gasteiger partial charge in [-0.15, -0.1) is 0 Å². The number of nitrogens with zero attached hydrogens (tertiary/aromatic N) is 1. The number of benzene rings is 2. The van der Waals surface area contributed by atoms with Gasteiger partial charge in [0.15, 0.2) is 5.69 Å². The Morgan fingerprint density at radius 2 is 1.39 bits per heavy atom. The second-order valence-electron chi connectivity index (χ2n) is 4.20. The first-order valence-corrected chi connectivity index (χ1v) is 5.82. The maximum absolute atomic E-state index is 2.29. The normalized spacial score (nSPS) is 10.1. The number of hydrogen-bond donors (Lipinski definition) is 0. The molecule has 3 aromatic rings. The Morgan fingerprint density at radius 3 is 2.17 bits per heavy atom. The van der Waals surface area contributed by atoms with E-state index in [1.165, 1.54) is 22.3 Å². The molecule has 0 N–H and O–H groups in total. The highest BCUT2D eigenvalue weighted by molar-refractivity contribution is 5.75. The molecule has 0 bridgehead atoms. The van der Waals surface area contributed by atoms with Crippen LogP contribution in [0.5, 0.6) is 0 Å². The number of aryl methyl sites for hydroxylation is 1. The standard InChI is InChI=1S/C16H14N.HI/c1-13-11-12-14-7-5-6-10-16(14)17(13)15-8-3-2-4-9-15;/h2-12H,1H3;1H/q+1;/p-1. The number of aromatic nitrogens is 1. The fourth-order valence-corrected chi connectivity index (χ4v) is 2.23. The molecule has 1 heterocycles. The summed E-state index contributed by atoms with van der Waals surface area (Å²) < 4.78 is 2.29. The minimum Gasteiger partial charge on any atom is -1.00 e. The molecule has 0 saturated heterocycles. The molecule has 0 aliphatic heterocycles. The molecule has 0 saturated carbocycles. The van der Waals surface area contributed by atoms with E-state index in [1.54, 1.807) is 0 Å². The smallest absolute Gasteiger partial charge is 0.218 e. The molecule has 2 aromatic carbocycles. The highest BCUT2D eigenvalue weighted by atomic mass is 127. The molecular formula is C16H14IN. The van der Waals surface area contributed by atoms with Crippen molar-refractivity contribution in [2.24, 2.45) is 0 Å². The van der Waals surface area contributed by atoms with Crippen molar-refractivity contribution in [1.82, 2.24) is 0 Å². The third-order valence-corrected chi connectivity index (χ3v) is 3.05. The minimum absolute atomic E-state index is 0. The molecule has 1 aromatic heterocycles.